The summed E-state index contributed by atoms with van der Waals surface area (Å²) in [7, 11) is -4.67. The van der Waals surface area contributed by atoms with Gasteiger partial charge in [-0.25, -0.2) is 8.42 Å². The van der Waals surface area contributed by atoms with E-state index in [2.05, 4.69) is 5.32 Å². The number of benzene rings is 4. The van der Waals surface area contributed by atoms with Crippen LogP contribution in [0.2, 0.25) is 15.1 Å². The molecule has 0 fully saturated rings. The van der Waals surface area contributed by atoms with Crippen molar-refractivity contribution in [2.45, 2.75) is 63.3 Å². The van der Waals surface area contributed by atoms with Gasteiger partial charge >= 0.3 is 6.18 Å². The van der Waals surface area contributed by atoms with Gasteiger partial charge < -0.3 is 10.2 Å². The van der Waals surface area contributed by atoms with Gasteiger partial charge in [0.1, 0.15) is 12.6 Å². The second-order valence-electron chi connectivity index (χ2n) is 12.7. The number of carbonyl (C=O) groups is 2. The van der Waals surface area contributed by atoms with Gasteiger partial charge in [-0.15, -0.1) is 0 Å². The first kappa shape index (κ1) is 39.0. The Kier molecular flexibility index (Phi) is 12.2. The van der Waals surface area contributed by atoms with Gasteiger partial charge in [0.25, 0.3) is 10.0 Å². The van der Waals surface area contributed by atoms with E-state index in [0.717, 1.165) is 22.6 Å². The Balaban J connectivity index is 1.91. The van der Waals surface area contributed by atoms with Crippen LogP contribution in [0.5, 0.6) is 0 Å². The Morgan fingerprint density at radius 3 is 1.98 bits per heavy atom. The van der Waals surface area contributed by atoms with E-state index in [-0.39, 0.29) is 33.5 Å². The number of aryl methyl sites for hydroxylation is 1. The zero-order chi connectivity index (χ0) is 37.0. The van der Waals surface area contributed by atoms with Crippen LogP contribution in [-0.2, 0) is 38.8 Å². The SMILES string of the molecule is Cc1ccc(S(=O)(=O)N(CC(=O)N(Cc2c(Cl)cccc2Cl)[C@H](Cc2ccccc2)C(=O)NC(C)(C)C)c2ccc(Cl)c(C(F)(F)F)c2)cc1. The number of halogens is 6. The molecule has 7 nitrogen and oxygen atoms in total. The fraction of sp³-hybridized carbons (Fsp3) is 0.278. The number of carbonyl (C=O) groups excluding carboxylic acids is 2. The second-order valence-corrected chi connectivity index (χ2v) is 15.7. The summed E-state index contributed by atoms with van der Waals surface area (Å²) in [5.41, 5.74) is -0.801. The van der Waals surface area contributed by atoms with E-state index in [1.165, 1.54) is 24.3 Å². The average Bonchev–Trinajstić information content (AvgIpc) is 3.02. The predicted molar refractivity (Wildman–Crippen MR) is 191 cm³/mol. The highest BCUT2D eigenvalue weighted by Crippen LogP contribution is 2.38. The van der Waals surface area contributed by atoms with Crippen molar-refractivity contribution >= 4 is 62.3 Å². The molecule has 50 heavy (non-hydrogen) atoms. The molecular weight excluding hydrogens is 734 g/mol. The quantitative estimate of drug-likeness (QED) is 0.166. The number of rotatable bonds is 11. The molecule has 4 rings (SSSR count). The van der Waals surface area contributed by atoms with Crippen LogP contribution in [0.1, 0.15) is 43.0 Å². The minimum absolute atomic E-state index is 0.000440. The van der Waals surface area contributed by atoms with Crippen molar-refractivity contribution in [2.75, 3.05) is 10.8 Å². The van der Waals surface area contributed by atoms with Crippen LogP contribution in [0.4, 0.5) is 18.9 Å². The number of amides is 2. The van der Waals surface area contributed by atoms with Crippen LogP contribution in [0.3, 0.4) is 0 Å². The first-order valence-electron chi connectivity index (χ1n) is 15.3. The van der Waals surface area contributed by atoms with Crippen molar-refractivity contribution in [1.29, 1.82) is 0 Å². The lowest BCUT2D eigenvalue weighted by molar-refractivity contribution is -0.140. The summed E-state index contributed by atoms with van der Waals surface area (Å²) in [6, 6.07) is 20.5. The van der Waals surface area contributed by atoms with Crippen molar-refractivity contribution in [1.82, 2.24) is 10.2 Å². The highest BCUT2D eigenvalue weighted by molar-refractivity contribution is 7.92. The summed E-state index contributed by atoms with van der Waals surface area (Å²) in [6.07, 6.45) is -4.94. The van der Waals surface area contributed by atoms with Gasteiger partial charge in [0.05, 0.1) is 21.2 Å². The van der Waals surface area contributed by atoms with Crippen molar-refractivity contribution in [3.05, 3.63) is 128 Å². The standard InChI is InChI=1S/C36H35Cl3F3N3O4S/c1-23-13-16-26(17-14-23)50(48,49)45(25-15-18-31(39)28(20-25)36(40,41)42)22-33(46)44(21-27-29(37)11-8-12-30(27)38)32(34(47)43-35(2,3)4)19-24-9-6-5-7-10-24/h5-18,20,32H,19,21-22H2,1-4H3,(H,43,47)/t32-/m1/s1. The molecule has 0 aromatic heterocycles. The summed E-state index contributed by atoms with van der Waals surface area (Å²) < 4.78 is 71.0. The molecule has 0 aliphatic heterocycles. The molecule has 4 aromatic carbocycles. The molecule has 1 N–H and O–H groups in total. The minimum atomic E-state index is -4.94. The summed E-state index contributed by atoms with van der Waals surface area (Å²) in [5.74, 6) is -1.47. The van der Waals surface area contributed by atoms with Gasteiger partial charge in [0.15, 0.2) is 0 Å². The Morgan fingerprint density at radius 2 is 1.42 bits per heavy atom. The molecule has 1 atom stereocenters. The monoisotopic (exact) mass is 767 g/mol. The lowest BCUT2D eigenvalue weighted by Gasteiger charge is -2.35. The van der Waals surface area contributed by atoms with Gasteiger partial charge in [-0.2, -0.15) is 13.2 Å². The fourth-order valence-electron chi connectivity index (χ4n) is 5.11. The molecule has 0 heterocycles. The van der Waals surface area contributed by atoms with Crippen LogP contribution >= 0.6 is 34.8 Å². The third kappa shape index (κ3) is 9.72. The normalized spacial score (nSPS) is 12.7. The highest BCUT2D eigenvalue weighted by Gasteiger charge is 2.38. The van der Waals surface area contributed by atoms with E-state index in [9.17, 15) is 31.2 Å². The summed E-state index contributed by atoms with van der Waals surface area (Å²) in [6.45, 7) is 5.69. The molecular formula is C36H35Cl3F3N3O4S. The fourth-order valence-corrected chi connectivity index (χ4v) is 7.26. The number of sulfonamides is 1. The Morgan fingerprint density at radius 1 is 0.820 bits per heavy atom. The highest BCUT2D eigenvalue weighted by atomic mass is 35.5. The van der Waals surface area contributed by atoms with Crippen molar-refractivity contribution in [2.24, 2.45) is 0 Å². The van der Waals surface area contributed by atoms with Crippen LogP contribution < -0.4 is 9.62 Å². The molecule has 0 radical (unpaired) electrons. The number of anilines is 1. The van der Waals surface area contributed by atoms with Gasteiger partial charge in [0.2, 0.25) is 11.8 Å². The molecule has 4 aromatic rings. The first-order chi connectivity index (χ1) is 23.3. The van der Waals surface area contributed by atoms with E-state index in [0.29, 0.717) is 15.9 Å². The van der Waals surface area contributed by atoms with E-state index in [1.807, 2.05) is 0 Å². The maximum absolute atomic E-state index is 14.6. The zero-order valence-electron chi connectivity index (χ0n) is 27.6. The number of alkyl halides is 3. The van der Waals surface area contributed by atoms with Crippen molar-refractivity contribution in [3.63, 3.8) is 0 Å². The van der Waals surface area contributed by atoms with Crippen LogP contribution in [-0.4, -0.2) is 43.3 Å². The molecule has 0 aliphatic carbocycles. The molecule has 2 amide bonds. The molecule has 0 aliphatic rings. The lowest BCUT2D eigenvalue weighted by Crippen LogP contribution is -2.56. The minimum Gasteiger partial charge on any atom is -0.350 e. The Hall–Kier alpha value is -3.77. The van der Waals surface area contributed by atoms with Gasteiger partial charge in [-0.1, -0.05) is 88.9 Å². The number of hydrogen-bond acceptors (Lipinski definition) is 4. The largest absolute Gasteiger partial charge is 0.417 e. The van der Waals surface area contributed by atoms with Gasteiger partial charge in [-0.3, -0.25) is 13.9 Å². The molecule has 0 bridgehead atoms. The predicted octanol–water partition coefficient (Wildman–Crippen LogP) is 8.72. The Bertz CT molecular complexity index is 1930. The summed E-state index contributed by atoms with van der Waals surface area (Å²) >= 11 is 18.9. The smallest absolute Gasteiger partial charge is 0.350 e. The average molecular weight is 769 g/mol. The maximum Gasteiger partial charge on any atom is 0.417 e. The van der Waals surface area contributed by atoms with Gasteiger partial charge in [-0.05, 0) is 75.7 Å². The van der Waals surface area contributed by atoms with E-state index >= 15 is 0 Å². The van der Waals surface area contributed by atoms with E-state index < -0.39 is 62.4 Å². The number of hydrogen-bond donors (Lipinski definition) is 1. The topological polar surface area (TPSA) is 86.8 Å². The third-order valence-electron chi connectivity index (χ3n) is 7.59. The third-order valence-corrected chi connectivity index (χ3v) is 10.4. The second kappa shape index (κ2) is 15.6. The van der Waals surface area contributed by atoms with Crippen LogP contribution in [0.25, 0.3) is 0 Å². The first-order valence-corrected chi connectivity index (χ1v) is 17.9. The molecule has 0 saturated heterocycles. The molecule has 0 saturated carbocycles. The lowest BCUT2D eigenvalue weighted by atomic mass is 10.0. The van der Waals surface area contributed by atoms with Crippen LogP contribution in [0, 0.1) is 6.92 Å². The summed E-state index contributed by atoms with van der Waals surface area (Å²) in [4.78, 5) is 29.5. The van der Waals surface area contributed by atoms with Gasteiger partial charge in [0, 0.05) is 34.1 Å². The number of nitrogens with one attached hydrogen (secondary N) is 1. The summed E-state index contributed by atoms with van der Waals surface area (Å²) in [5, 5.41) is 2.60. The molecule has 0 unspecified atom stereocenters. The van der Waals surface area contributed by atoms with E-state index in [1.54, 1.807) is 76.2 Å². The van der Waals surface area contributed by atoms with Crippen molar-refractivity contribution < 1.29 is 31.2 Å². The number of nitrogens with zero attached hydrogens (tertiary/aromatic N) is 2. The Labute approximate surface area is 305 Å². The zero-order valence-corrected chi connectivity index (χ0v) is 30.6. The molecule has 14 heteroatoms. The van der Waals surface area contributed by atoms with Crippen LogP contribution in [0.15, 0.2) is 95.9 Å². The van der Waals surface area contributed by atoms with Crippen molar-refractivity contribution in [3.8, 4) is 0 Å². The molecule has 266 valence electrons. The van der Waals surface area contributed by atoms with E-state index in [4.69, 9.17) is 34.8 Å². The maximum atomic E-state index is 14.6. The molecule has 0 spiro atoms.